The number of ether oxygens (including phenoxy) is 4. The number of esters is 1. The van der Waals surface area contributed by atoms with Gasteiger partial charge < -0.3 is 24.3 Å². The number of nitrogens with zero attached hydrogens (tertiary/aromatic N) is 1. The van der Waals surface area contributed by atoms with E-state index in [2.05, 4.69) is 10.3 Å². The molecule has 1 atom stereocenters. The Balaban J connectivity index is 1.65. The number of rotatable bonds is 6. The Morgan fingerprint density at radius 2 is 2.07 bits per heavy atom. The van der Waals surface area contributed by atoms with E-state index in [9.17, 15) is 4.79 Å². The maximum absolute atomic E-state index is 12.4. The molecule has 0 saturated carbocycles. The third-order valence-electron chi connectivity index (χ3n) is 4.21. The van der Waals surface area contributed by atoms with Gasteiger partial charge in [0.15, 0.2) is 16.6 Å². The number of carbonyl (C=O) groups is 1. The fraction of sp³-hybridized carbons (Fsp3) is 0.263. The molecule has 140 valence electrons. The number of nitrogens with one attached hydrogen (secondary N) is 1. The molecule has 27 heavy (non-hydrogen) atoms. The van der Waals surface area contributed by atoms with Crippen molar-refractivity contribution in [3.8, 4) is 17.2 Å². The summed E-state index contributed by atoms with van der Waals surface area (Å²) in [6.07, 6.45) is -0.640. The number of thiazole rings is 1. The van der Waals surface area contributed by atoms with Gasteiger partial charge in [0.25, 0.3) is 0 Å². The van der Waals surface area contributed by atoms with E-state index >= 15 is 0 Å². The van der Waals surface area contributed by atoms with Crippen molar-refractivity contribution in [2.24, 2.45) is 0 Å². The van der Waals surface area contributed by atoms with E-state index in [1.54, 1.807) is 12.1 Å². The summed E-state index contributed by atoms with van der Waals surface area (Å²) in [5.74, 6) is 1.19. The number of anilines is 1. The maximum Gasteiger partial charge on any atom is 0.344 e. The van der Waals surface area contributed by atoms with E-state index in [1.807, 2.05) is 25.1 Å². The Morgan fingerprint density at radius 1 is 1.22 bits per heavy atom. The van der Waals surface area contributed by atoms with E-state index in [0.29, 0.717) is 34.4 Å². The fourth-order valence-electron chi connectivity index (χ4n) is 3.04. The van der Waals surface area contributed by atoms with Crippen LogP contribution in [0.3, 0.4) is 0 Å². The molecule has 1 N–H and O–H groups in total. The normalized spacial score (nSPS) is 15.4. The summed E-state index contributed by atoms with van der Waals surface area (Å²) in [6, 6.07) is 9.28. The van der Waals surface area contributed by atoms with Crippen LogP contribution in [0.15, 0.2) is 30.3 Å². The number of cyclic esters (lactones) is 1. The Hall–Kier alpha value is -3.00. The van der Waals surface area contributed by atoms with E-state index in [4.69, 9.17) is 18.9 Å². The van der Waals surface area contributed by atoms with Crippen LogP contribution in [0.2, 0.25) is 0 Å². The van der Waals surface area contributed by atoms with Crippen molar-refractivity contribution in [1.29, 1.82) is 0 Å². The van der Waals surface area contributed by atoms with Crippen LogP contribution in [0.5, 0.6) is 17.2 Å². The van der Waals surface area contributed by atoms with Crippen molar-refractivity contribution >= 4 is 32.7 Å². The molecule has 4 rings (SSSR count). The van der Waals surface area contributed by atoms with Gasteiger partial charge in [-0.2, -0.15) is 0 Å². The molecule has 0 spiro atoms. The SMILES string of the molecule is CCOc1ccc2nc(N[C@@H]3OC(=O)c4c3ccc(OC)c4OC)sc2c1. The maximum atomic E-state index is 12.4. The number of aromatic nitrogens is 1. The molecular formula is C19H18N2O5S. The summed E-state index contributed by atoms with van der Waals surface area (Å²) in [7, 11) is 3.02. The van der Waals surface area contributed by atoms with Gasteiger partial charge in [-0.25, -0.2) is 9.78 Å². The summed E-state index contributed by atoms with van der Waals surface area (Å²) in [4.78, 5) is 16.9. The molecule has 0 fully saturated rings. The van der Waals surface area contributed by atoms with Gasteiger partial charge in [-0.1, -0.05) is 11.3 Å². The summed E-state index contributed by atoms with van der Waals surface area (Å²) >= 11 is 1.47. The average Bonchev–Trinajstić information content (AvgIpc) is 3.21. The fourth-order valence-corrected chi connectivity index (χ4v) is 3.95. The van der Waals surface area contributed by atoms with Crippen LogP contribution < -0.4 is 19.5 Å². The highest BCUT2D eigenvalue weighted by molar-refractivity contribution is 7.22. The van der Waals surface area contributed by atoms with Crippen LogP contribution in [0.1, 0.15) is 29.1 Å². The molecule has 0 aliphatic carbocycles. The lowest BCUT2D eigenvalue weighted by molar-refractivity contribution is 0.0435. The zero-order chi connectivity index (χ0) is 19.0. The van der Waals surface area contributed by atoms with Crippen molar-refractivity contribution in [1.82, 2.24) is 4.98 Å². The highest BCUT2D eigenvalue weighted by atomic mass is 32.1. The second kappa shape index (κ2) is 6.96. The number of benzene rings is 2. The summed E-state index contributed by atoms with van der Waals surface area (Å²) < 4.78 is 22.6. The lowest BCUT2D eigenvalue weighted by Crippen LogP contribution is -2.09. The van der Waals surface area contributed by atoms with Gasteiger partial charge in [-0.15, -0.1) is 0 Å². The minimum Gasteiger partial charge on any atom is -0.494 e. The Bertz CT molecular complexity index is 1020. The molecule has 0 bridgehead atoms. The average molecular weight is 386 g/mol. The highest BCUT2D eigenvalue weighted by Gasteiger charge is 2.36. The largest absolute Gasteiger partial charge is 0.494 e. The molecule has 0 saturated heterocycles. The molecule has 2 aromatic carbocycles. The number of fused-ring (bicyclic) bond motifs is 2. The monoisotopic (exact) mass is 386 g/mol. The number of carbonyl (C=O) groups excluding carboxylic acids is 1. The van der Waals surface area contributed by atoms with Crippen LogP contribution in [0, 0.1) is 0 Å². The van der Waals surface area contributed by atoms with E-state index < -0.39 is 12.2 Å². The van der Waals surface area contributed by atoms with Gasteiger partial charge in [-0.05, 0) is 37.3 Å². The highest BCUT2D eigenvalue weighted by Crippen LogP contribution is 2.42. The van der Waals surface area contributed by atoms with Gasteiger partial charge >= 0.3 is 5.97 Å². The van der Waals surface area contributed by atoms with Gasteiger partial charge in [0, 0.05) is 5.56 Å². The van der Waals surface area contributed by atoms with Crippen LogP contribution in [0.4, 0.5) is 5.13 Å². The number of hydrogen-bond acceptors (Lipinski definition) is 8. The first-order valence-corrected chi connectivity index (χ1v) is 9.22. The summed E-state index contributed by atoms with van der Waals surface area (Å²) in [6.45, 7) is 2.55. The molecule has 0 unspecified atom stereocenters. The third-order valence-corrected chi connectivity index (χ3v) is 5.16. The van der Waals surface area contributed by atoms with Crippen molar-refractivity contribution in [2.75, 3.05) is 26.1 Å². The van der Waals surface area contributed by atoms with Gasteiger partial charge in [0.1, 0.15) is 11.3 Å². The molecule has 0 amide bonds. The first kappa shape index (κ1) is 17.4. The Morgan fingerprint density at radius 3 is 2.81 bits per heavy atom. The van der Waals surface area contributed by atoms with E-state index in [-0.39, 0.29) is 0 Å². The van der Waals surface area contributed by atoms with Crippen LogP contribution in [0.25, 0.3) is 10.2 Å². The topological polar surface area (TPSA) is 78.9 Å². The third kappa shape index (κ3) is 3.02. The molecule has 1 aromatic heterocycles. The van der Waals surface area contributed by atoms with Crippen LogP contribution in [-0.2, 0) is 4.74 Å². The predicted octanol–water partition coefficient (Wildman–Crippen LogP) is 3.99. The van der Waals surface area contributed by atoms with Gasteiger partial charge in [-0.3, -0.25) is 0 Å². The molecule has 2 heterocycles. The second-order valence-corrected chi connectivity index (χ2v) is 6.81. The smallest absolute Gasteiger partial charge is 0.344 e. The van der Waals surface area contributed by atoms with Crippen molar-refractivity contribution in [2.45, 2.75) is 13.2 Å². The molecule has 1 aliphatic rings. The first-order valence-electron chi connectivity index (χ1n) is 8.40. The van der Waals surface area contributed by atoms with Gasteiger partial charge in [0.2, 0.25) is 6.23 Å². The quantitative estimate of drug-likeness (QED) is 0.642. The zero-order valence-electron chi connectivity index (χ0n) is 15.1. The molecule has 1 aliphatic heterocycles. The Labute approximate surface area is 159 Å². The Kier molecular flexibility index (Phi) is 4.49. The molecule has 0 radical (unpaired) electrons. The standard InChI is InChI=1S/C19H18N2O5S/c1-4-25-10-5-7-12-14(9-10)27-19(20-12)21-17-11-6-8-13(23-2)16(24-3)15(11)18(22)26-17/h5-9,17H,4H2,1-3H3,(H,20,21)/t17-/m1/s1. The van der Waals surface area contributed by atoms with Crippen molar-refractivity contribution in [3.63, 3.8) is 0 Å². The van der Waals surface area contributed by atoms with Crippen molar-refractivity contribution < 1.29 is 23.7 Å². The minimum absolute atomic E-state index is 0.370. The molecule has 3 aromatic rings. The summed E-state index contributed by atoms with van der Waals surface area (Å²) in [5.41, 5.74) is 1.91. The second-order valence-electron chi connectivity index (χ2n) is 5.78. The lowest BCUT2D eigenvalue weighted by Gasteiger charge is -2.13. The van der Waals surface area contributed by atoms with E-state index in [0.717, 1.165) is 16.0 Å². The number of hydrogen-bond donors (Lipinski definition) is 1. The predicted molar refractivity (Wildman–Crippen MR) is 102 cm³/mol. The lowest BCUT2D eigenvalue weighted by atomic mass is 10.1. The molecule has 8 heteroatoms. The number of methoxy groups -OCH3 is 2. The van der Waals surface area contributed by atoms with Crippen LogP contribution in [-0.4, -0.2) is 31.8 Å². The first-order chi connectivity index (χ1) is 13.1. The van der Waals surface area contributed by atoms with Crippen LogP contribution >= 0.6 is 11.3 Å². The van der Waals surface area contributed by atoms with Crippen molar-refractivity contribution in [3.05, 3.63) is 41.5 Å². The molecular weight excluding hydrogens is 368 g/mol. The van der Waals surface area contributed by atoms with Gasteiger partial charge in [0.05, 0.1) is 31.0 Å². The summed E-state index contributed by atoms with van der Waals surface area (Å²) in [5, 5.41) is 3.84. The zero-order valence-corrected chi connectivity index (χ0v) is 15.9. The van der Waals surface area contributed by atoms with E-state index in [1.165, 1.54) is 25.6 Å². The molecule has 7 nitrogen and oxygen atoms in total. The minimum atomic E-state index is -0.640.